The van der Waals surface area contributed by atoms with Gasteiger partial charge in [-0.3, -0.25) is 15.6 Å². The van der Waals surface area contributed by atoms with Crippen molar-refractivity contribution in [3.05, 3.63) is 71.8 Å². The molecule has 0 aliphatic carbocycles. The van der Waals surface area contributed by atoms with E-state index in [9.17, 15) is 15.0 Å². The van der Waals surface area contributed by atoms with Crippen molar-refractivity contribution in [3.63, 3.8) is 0 Å². The number of nitrogens with zero attached hydrogens (tertiary/aromatic N) is 2. The monoisotopic (exact) mass is 554 g/mol. The molecule has 2 fully saturated rings. The second-order valence-electron chi connectivity index (χ2n) is 10.6. The maximum atomic E-state index is 14.4. The van der Waals surface area contributed by atoms with Crippen LogP contribution in [0.5, 0.6) is 0 Å². The van der Waals surface area contributed by atoms with Crippen molar-refractivity contribution in [2.75, 3.05) is 52.6 Å². The molecular formula is C31H46N4O5. The zero-order valence-corrected chi connectivity index (χ0v) is 23.5. The lowest BCUT2D eigenvalue weighted by molar-refractivity contribution is -0.143. The molecule has 0 spiro atoms. The van der Waals surface area contributed by atoms with Crippen LogP contribution in [-0.4, -0.2) is 103 Å². The van der Waals surface area contributed by atoms with Crippen LogP contribution in [0, 0.1) is 0 Å². The van der Waals surface area contributed by atoms with Gasteiger partial charge in [-0.1, -0.05) is 60.7 Å². The molecule has 2 aliphatic heterocycles. The zero-order valence-electron chi connectivity index (χ0n) is 23.5. The maximum absolute atomic E-state index is 14.4. The number of nitrogens with one attached hydrogen (secondary N) is 2. The van der Waals surface area contributed by atoms with Gasteiger partial charge in [-0.15, -0.1) is 0 Å². The molecule has 2 heterocycles. The molecule has 0 amide bonds. The van der Waals surface area contributed by atoms with Gasteiger partial charge in [0.1, 0.15) is 0 Å². The Morgan fingerprint density at radius 3 is 1.55 bits per heavy atom. The molecule has 40 heavy (non-hydrogen) atoms. The van der Waals surface area contributed by atoms with Gasteiger partial charge in [0.05, 0.1) is 24.3 Å². The third kappa shape index (κ3) is 9.43. The summed E-state index contributed by atoms with van der Waals surface area (Å²) in [5.74, 6) is 0.159. The van der Waals surface area contributed by atoms with E-state index in [4.69, 9.17) is 9.47 Å². The summed E-state index contributed by atoms with van der Waals surface area (Å²) < 4.78 is 12.1. The molecule has 4 atom stereocenters. The van der Waals surface area contributed by atoms with E-state index in [0.717, 1.165) is 12.8 Å². The first-order valence-electron chi connectivity index (χ1n) is 14.7. The standard InChI is InChI=1S/C31H46N4O5/c36-17-7-19-39-27-21-29(34(32-23-27)15-13-25-9-3-1-4-10-25)31(38)30-22-28(40-20-8-18-37)24-33-35(30)16-14-26-11-5-2-6-12-26/h1-6,9-12,27-30,32-33,36-37H,7-8,13-24H2. The van der Waals surface area contributed by atoms with Crippen LogP contribution in [-0.2, 0) is 27.1 Å². The summed E-state index contributed by atoms with van der Waals surface area (Å²) in [6, 6.07) is 20.0. The molecule has 0 bridgehead atoms. The fourth-order valence-electron chi connectivity index (χ4n) is 5.48. The molecule has 0 saturated carbocycles. The molecule has 9 heteroatoms. The van der Waals surface area contributed by atoms with Crippen LogP contribution >= 0.6 is 0 Å². The smallest absolute Gasteiger partial charge is 0.170 e. The number of Topliss-reactive ketones (excluding diaryl/α,β-unsaturated/α-hetero) is 1. The Balaban J connectivity index is 1.48. The predicted octanol–water partition coefficient (Wildman–Crippen LogP) is 1.73. The molecule has 4 unspecified atom stereocenters. The minimum Gasteiger partial charge on any atom is -0.396 e. The molecule has 0 aromatic heterocycles. The minimum absolute atomic E-state index is 0.0908. The van der Waals surface area contributed by atoms with Crippen LogP contribution in [0.3, 0.4) is 0 Å². The molecule has 2 aromatic carbocycles. The molecule has 2 aliphatic rings. The van der Waals surface area contributed by atoms with Crippen LogP contribution in [0.15, 0.2) is 60.7 Å². The third-order valence-electron chi connectivity index (χ3n) is 7.71. The summed E-state index contributed by atoms with van der Waals surface area (Å²) in [6.45, 7) is 3.83. The lowest BCUT2D eigenvalue weighted by atomic mass is 9.91. The van der Waals surface area contributed by atoms with Crippen molar-refractivity contribution in [1.82, 2.24) is 20.9 Å². The molecule has 220 valence electrons. The van der Waals surface area contributed by atoms with E-state index in [2.05, 4.69) is 45.1 Å². The highest BCUT2D eigenvalue weighted by atomic mass is 16.5. The highest BCUT2D eigenvalue weighted by Crippen LogP contribution is 2.23. The normalized spacial score (nSPS) is 24.2. The van der Waals surface area contributed by atoms with Gasteiger partial charge in [-0.05, 0) is 49.7 Å². The van der Waals surface area contributed by atoms with Gasteiger partial charge in [0, 0.05) is 52.6 Å². The first kappa shape index (κ1) is 30.7. The Kier molecular flexibility index (Phi) is 13.0. The number of rotatable bonds is 16. The molecule has 9 nitrogen and oxygen atoms in total. The fraction of sp³-hybridized carbons (Fsp3) is 0.581. The Morgan fingerprint density at radius 1 is 0.725 bits per heavy atom. The molecule has 0 radical (unpaired) electrons. The van der Waals surface area contributed by atoms with Gasteiger partial charge in [-0.2, -0.15) is 0 Å². The third-order valence-corrected chi connectivity index (χ3v) is 7.71. The van der Waals surface area contributed by atoms with Crippen molar-refractivity contribution in [1.29, 1.82) is 0 Å². The predicted molar refractivity (Wildman–Crippen MR) is 154 cm³/mol. The number of benzene rings is 2. The summed E-state index contributed by atoms with van der Waals surface area (Å²) >= 11 is 0. The van der Waals surface area contributed by atoms with Gasteiger partial charge in [0.2, 0.25) is 0 Å². The van der Waals surface area contributed by atoms with E-state index < -0.39 is 0 Å². The van der Waals surface area contributed by atoms with Crippen LogP contribution in [0.1, 0.15) is 36.8 Å². The van der Waals surface area contributed by atoms with E-state index in [1.165, 1.54) is 11.1 Å². The lowest BCUT2D eigenvalue weighted by Crippen LogP contribution is -2.65. The average molecular weight is 555 g/mol. The van der Waals surface area contributed by atoms with Crippen molar-refractivity contribution < 1.29 is 24.5 Å². The SMILES string of the molecule is O=C(C1CC(OCCCO)CNN1CCc1ccccc1)C1CC(OCCCO)CNN1CCc1ccccc1. The number of ketones is 1. The van der Waals surface area contributed by atoms with E-state index >= 15 is 0 Å². The second-order valence-corrected chi connectivity index (χ2v) is 10.6. The first-order chi connectivity index (χ1) is 19.7. The Morgan fingerprint density at radius 2 is 1.15 bits per heavy atom. The number of hydrazine groups is 2. The van der Waals surface area contributed by atoms with Crippen LogP contribution in [0.25, 0.3) is 0 Å². The number of aliphatic hydroxyl groups is 2. The highest BCUT2D eigenvalue weighted by molar-refractivity contribution is 5.89. The Bertz CT molecular complexity index is 905. The second kappa shape index (κ2) is 16.9. The molecule has 4 N–H and O–H groups in total. The molecule has 2 aromatic rings. The van der Waals surface area contributed by atoms with Gasteiger partial charge < -0.3 is 19.7 Å². The number of ether oxygens (including phenoxy) is 2. The number of hydrogen-bond donors (Lipinski definition) is 4. The molecule has 2 saturated heterocycles. The Labute approximate surface area is 238 Å². The fourth-order valence-corrected chi connectivity index (χ4v) is 5.48. The van der Waals surface area contributed by atoms with Crippen LogP contribution in [0.2, 0.25) is 0 Å². The summed E-state index contributed by atoms with van der Waals surface area (Å²) in [7, 11) is 0. The van der Waals surface area contributed by atoms with E-state index in [0.29, 0.717) is 65.1 Å². The van der Waals surface area contributed by atoms with Crippen molar-refractivity contribution in [2.24, 2.45) is 0 Å². The largest absolute Gasteiger partial charge is 0.396 e. The van der Waals surface area contributed by atoms with Crippen LogP contribution in [0.4, 0.5) is 0 Å². The summed E-state index contributed by atoms with van der Waals surface area (Å²) in [5, 5.41) is 22.6. The zero-order chi connectivity index (χ0) is 28.0. The Hall–Kier alpha value is -2.21. The number of carbonyl (C=O) groups is 1. The van der Waals surface area contributed by atoms with E-state index in [1.54, 1.807) is 0 Å². The number of aliphatic hydroxyl groups excluding tert-OH is 2. The topological polar surface area (TPSA) is 107 Å². The van der Waals surface area contributed by atoms with Crippen LogP contribution < -0.4 is 10.9 Å². The number of hydrogen-bond acceptors (Lipinski definition) is 9. The molecule has 4 rings (SSSR count). The van der Waals surface area contributed by atoms with Gasteiger partial charge in [0.25, 0.3) is 0 Å². The van der Waals surface area contributed by atoms with Crippen molar-refractivity contribution >= 4 is 5.78 Å². The average Bonchev–Trinajstić information content (AvgIpc) is 3.00. The highest BCUT2D eigenvalue weighted by Gasteiger charge is 2.41. The quantitative estimate of drug-likeness (QED) is 0.231. The maximum Gasteiger partial charge on any atom is 0.170 e. The van der Waals surface area contributed by atoms with E-state index in [-0.39, 0.29) is 43.3 Å². The lowest BCUT2D eigenvalue weighted by Gasteiger charge is -2.44. The van der Waals surface area contributed by atoms with Gasteiger partial charge in [-0.25, -0.2) is 10.0 Å². The van der Waals surface area contributed by atoms with Crippen molar-refractivity contribution in [2.45, 2.75) is 62.8 Å². The summed E-state index contributed by atoms with van der Waals surface area (Å²) in [6.07, 6.45) is 3.84. The summed E-state index contributed by atoms with van der Waals surface area (Å²) in [5.41, 5.74) is 9.45. The van der Waals surface area contributed by atoms with Gasteiger partial charge in [0.15, 0.2) is 5.78 Å². The van der Waals surface area contributed by atoms with Crippen molar-refractivity contribution in [3.8, 4) is 0 Å². The molecular weight excluding hydrogens is 508 g/mol. The van der Waals surface area contributed by atoms with Gasteiger partial charge >= 0.3 is 0 Å². The summed E-state index contributed by atoms with van der Waals surface area (Å²) in [4.78, 5) is 14.4. The first-order valence-corrected chi connectivity index (χ1v) is 14.7. The number of carbonyl (C=O) groups excluding carboxylic acids is 1. The van der Waals surface area contributed by atoms with E-state index in [1.807, 2.05) is 36.4 Å². The minimum atomic E-state index is -0.348.